The SMILES string of the molecule is CCOC(=O)c1nnn(CCc2nccn2C)c1C. The maximum Gasteiger partial charge on any atom is 0.360 e. The predicted molar refractivity (Wildman–Crippen MR) is 67.6 cm³/mol. The van der Waals surface area contributed by atoms with Gasteiger partial charge in [-0.25, -0.2) is 14.5 Å². The number of hydrogen-bond acceptors (Lipinski definition) is 5. The lowest BCUT2D eigenvalue weighted by molar-refractivity contribution is 0.0518. The topological polar surface area (TPSA) is 74.8 Å². The van der Waals surface area contributed by atoms with Crippen molar-refractivity contribution in [2.75, 3.05) is 6.61 Å². The molecule has 0 aliphatic heterocycles. The molecule has 19 heavy (non-hydrogen) atoms. The van der Waals surface area contributed by atoms with E-state index in [-0.39, 0.29) is 5.69 Å². The Kier molecular flexibility index (Phi) is 3.94. The summed E-state index contributed by atoms with van der Waals surface area (Å²) in [5.74, 6) is 0.538. The number of carbonyl (C=O) groups is 1. The van der Waals surface area contributed by atoms with Crippen molar-refractivity contribution in [1.82, 2.24) is 24.5 Å². The van der Waals surface area contributed by atoms with E-state index in [2.05, 4.69) is 15.3 Å². The molecule has 0 atom stereocenters. The molecule has 102 valence electrons. The minimum atomic E-state index is -0.428. The Labute approximate surface area is 111 Å². The molecule has 0 fully saturated rings. The summed E-state index contributed by atoms with van der Waals surface area (Å²) >= 11 is 0. The van der Waals surface area contributed by atoms with Gasteiger partial charge >= 0.3 is 5.97 Å². The van der Waals surface area contributed by atoms with Crippen LogP contribution in [-0.4, -0.2) is 37.1 Å². The lowest BCUT2D eigenvalue weighted by Gasteiger charge is -2.04. The number of nitrogens with zero attached hydrogens (tertiary/aromatic N) is 5. The van der Waals surface area contributed by atoms with E-state index in [9.17, 15) is 4.79 Å². The first-order chi connectivity index (χ1) is 9.13. The molecule has 0 unspecified atom stereocenters. The zero-order valence-corrected chi connectivity index (χ0v) is 11.3. The molecular formula is C12H17N5O2. The summed E-state index contributed by atoms with van der Waals surface area (Å²) in [4.78, 5) is 15.9. The van der Waals surface area contributed by atoms with Gasteiger partial charge in [-0.3, -0.25) is 0 Å². The number of aromatic nitrogens is 5. The molecule has 0 amide bonds. The Morgan fingerprint density at radius 1 is 1.47 bits per heavy atom. The van der Waals surface area contributed by atoms with E-state index < -0.39 is 5.97 Å². The highest BCUT2D eigenvalue weighted by Gasteiger charge is 2.17. The van der Waals surface area contributed by atoms with Gasteiger partial charge in [-0.05, 0) is 13.8 Å². The van der Waals surface area contributed by atoms with Gasteiger partial charge in [-0.1, -0.05) is 5.21 Å². The van der Waals surface area contributed by atoms with Crippen LogP contribution in [0.1, 0.15) is 28.9 Å². The molecule has 0 aromatic carbocycles. The second kappa shape index (κ2) is 5.64. The monoisotopic (exact) mass is 263 g/mol. The molecule has 0 saturated carbocycles. The van der Waals surface area contributed by atoms with Gasteiger partial charge in [0, 0.05) is 25.9 Å². The summed E-state index contributed by atoms with van der Waals surface area (Å²) in [5.41, 5.74) is 0.995. The molecule has 0 spiro atoms. The molecule has 7 heteroatoms. The molecule has 0 saturated heterocycles. The minimum Gasteiger partial charge on any atom is -0.461 e. The summed E-state index contributed by atoms with van der Waals surface area (Å²) < 4.78 is 8.57. The van der Waals surface area contributed by atoms with Crippen LogP contribution in [0.15, 0.2) is 12.4 Å². The van der Waals surface area contributed by atoms with Crippen LogP contribution >= 0.6 is 0 Å². The average Bonchev–Trinajstić information content (AvgIpc) is 2.94. The van der Waals surface area contributed by atoms with Gasteiger partial charge in [0.1, 0.15) is 5.82 Å². The highest BCUT2D eigenvalue weighted by atomic mass is 16.5. The van der Waals surface area contributed by atoms with Gasteiger partial charge in [0.05, 0.1) is 18.8 Å². The quantitative estimate of drug-likeness (QED) is 0.744. The normalized spacial score (nSPS) is 10.7. The maximum atomic E-state index is 11.6. The van der Waals surface area contributed by atoms with E-state index in [0.717, 1.165) is 12.2 Å². The van der Waals surface area contributed by atoms with Crippen LogP contribution in [-0.2, 0) is 24.8 Å². The number of ether oxygens (including phenoxy) is 1. The summed E-state index contributed by atoms with van der Waals surface area (Å²) in [6.07, 6.45) is 4.39. The fraction of sp³-hybridized carbons (Fsp3) is 0.500. The number of aryl methyl sites for hydroxylation is 3. The van der Waals surface area contributed by atoms with Gasteiger partial charge in [-0.15, -0.1) is 5.10 Å². The molecule has 2 aromatic heterocycles. The zero-order chi connectivity index (χ0) is 13.8. The number of rotatable bonds is 5. The first-order valence-electron chi connectivity index (χ1n) is 6.17. The van der Waals surface area contributed by atoms with Crippen LogP contribution in [0.3, 0.4) is 0 Å². The van der Waals surface area contributed by atoms with Crippen LogP contribution in [0.2, 0.25) is 0 Å². The first-order valence-corrected chi connectivity index (χ1v) is 6.17. The van der Waals surface area contributed by atoms with E-state index >= 15 is 0 Å². The van der Waals surface area contributed by atoms with Gasteiger partial charge in [0.2, 0.25) is 0 Å². The second-order valence-electron chi connectivity index (χ2n) is 4.17. The fourth-order valence-electron chi connectivity index (χ4n) is 1.80. The third-order valence-corrected chi connectivity index (χ3v) is 2.92. The van der Waals surface area contributed by atoms with Crippen LogP contribution in [0.4, 0.5) is 0 Å². The van der Waals surface area contributed by atoms with Crippen LogP contribution in [0.25, 0.3) is 0 Å². The molecule has 7 nitrogen and oxygen atoms in total. The van der Waals surface area contributed by atoms with E-state index in [1.54, 1.807) is 17.8 Å². The number of carbonyl (C=O) groups excluding carboxylic acids is 1. The standard InChI is InChI=1S/C12H17N5O2/c1-4-19-12(18)11-9(2)17(15-14-11)7-5-10-13-6-8-16(10)3/h6,8H,4-5,7H2,1-3H3. The highest BCUT2D eigenvalue weighted by Crippen LogP contribution is 2.07. The van der Waals surface area contributed by atoms with Crippen molar-refractivity contribution in [3.63, 3.8) is 0 Å². The highest BCUT2D eigenvalue weighted by molar-refractivity contribution is 5.88. The zero-order valence-electron chi connectivity index (χ0n) is 11.3. The average molecular weight is 263 g/mol. The lowest BCUT2D eigenvalue weighted by atomic mass is 10.3. The Morgan fingerprint density at radius 3 is 2.89 bits per heavy atom. The molecule has 0 radical (unpaired) electrons. The Morgan fingerprint density at radius 2 is 2.26 bits per heavy atom. The van der Waals surface area contributed by atoms with E-state index in [4.69, 9.17) is 4.74 Å². The Bertz CT molecular complexity index is 572. The molecule has 2 aromatic rings. The summed E-state index contributed by atoms with van der Waals surface area (Å²) in [5, 5.41) is 7.84. The van der Waals surface area contributed by atoms with Crippen molar-refractivity contribution in [3.8, 4) is 0 Å². The molecule has 0 aliphatic carbocycles. The van der Waals surface area contributed by atoms with E-state index in [0.29, 0.717) is 18.8 Å². The molecule has 0 aliphatic rings. The number of hydrogen-bond donors (Lipinski definition) is 0. The first kappa shape index (κ1) is 13.3. The van der Waals surface area contributed by atoms with Crippen LogP contribution < -0.4 is 0 Å². The van der Waals surface area contributed by atoms with Gasteiger partial charge in [0.25, 0.3) is 0 Å². The maximum absolute atomic E-state index is 11.6. The van der Waals surface area contributed by atoms with Crippen molar-refractivity contribution in [1.29, 1.82) is 0 Å². The smallest absolute Gasteiger partial charge is 0.360 e. The summed E-state index contributed by atoms with van der Waals surface area (Å²) in [7, 11) is 1.95. The van der Waals surface area contributed by atoms with Crippen molar-refractivity contribution < 1.29 is 9.53 Å². The molecule has 2 heterocycles. The number of imidazole rings is 1. The summed E-state index contributed by atoms with van der Waals surface area (Å²) in [6.45, 7) is 4.53. The third kappa shape index (κ3) is 2.81. The number of esters is 1. The van der Waals surface area contributed by atoms with Crippen molar-refractivity contribution >= 4 is 5.97 Å². The molecular weight excluding hydrogens is 246 g/mol. The molecule has 2 rings (SSSR count). The fourth-order valence-corrected chi connectivity index (χ4v) is 1.80. The van der Waals surface area contributed by atoms with Gasteiger partial charge in [-0.2, -0.15) is 0 Å². The van der Waals surface area contributed by atoms with Crippen molar-refractivity contribution in [2.24, 2.45) is 7.05 Å². The van der Waals surface area contributed by atoms with Gasteiger partial charge in [0.15, 0.2) is 5.69 Å². The van der Waals surface area contributed by atoms with E-state index in [1.807, 2.05) is 24.7 Å². The predicted octanol–water partition coefficient (Wildman–Crippen LogP) is 0.739. The largest absolute Gasteiger partial charge is 0.461 e. The summed E-state index contributed by atoms with van der Waals surface area (Å²) in [6, 6.07) is 0. The Hall–Kier alpha value is -2.18. The van der Waals surface area contributed by atoms with Crippen molar-refractivity contribution in [3.05, 3.63) is 29.6 Å². The van der Waals surface area contributed by atoms with E-state index in [1.165, 1.54) is 0 Å². The molecule has 0 bridgehead atoms. The minimum absolute atomic E-state index is 0.279. The van der Waals surface area contributed by atoms with Crippen LogP contribution in [0, 0.1) is 6.92 Å². The van der Waals surface area contributed by atoms with Crippen LogP contribution in [0.5, 0.6) is 0 Å². The van der Waals surface area contributed by atoms with Gasteiger partial charge < -0.3 is 9.30 Å². The molecule has 0 N–H and O–H groups in total. The third-order valence-electron chi connectivity index (χ3n) is 2.92. The van der Waals surface area contributed by atoms with Crippen molar-refractivity contribution in [2.45, 2.75) is 26.8 Å². The Balaban J connectivity index is 2.06. The second-order valence-corrected chi connectivity index (χ2v) is 4.17. The lowest BCUT2D eigenvalue weighted by Crippen LogP contribution is -2.10.